The van der Waals surface area contributed by atoms with Crippen LogP contribution in [-0.2, 0) is 6.54 Å². The van der Waals surface area contributed by atoms with Crippen molar-refractivity contribution in [2.24, 2.45) is 0 Å². The second-order valence-corrected chi connectivity index (χ2v) is 10.2. The van der Waals surface area contributed by atoms with Gasteiger partial charge < -0.3 is 10.1 Å². The van der Waals surface area contributed by atoms with Gasteiger partial charge in [0.2, 0.25) is 0 Å². The number of hydrogen-bond acceptors (Lipinski definition) is 2. The molecule has 1 heterocycles. The summed E-state index contributed by atoms with van der Waals surface area (Å²) in [6, 6.07) is 31.0. The minimum Gasteiger partial charge on any atom is -0.457 e. The number of ether oxygens (including phenoxy) is 1. The van der Waals surface area contributed by atoms with Crippen LogP contribution in [0.2, 0.25) is 0 Å². The molecule has 0 atom stereocenters. The summed E-state index contributed by atoms with van der Waals surface area (Å²) in [7, 11) is 0. The molecule has 1 aliphatic carbocycles. The molecule has 0 aromatic heterocycles. The van der Waals surface area contributed by atoms with E-state index in [-0.39, 0.29) is 23.8 Å². The average molecular weight is 507 g/mol. The minimum absolute atomic E-state index is 0.0341. The molecule has 6 rings (SSSR count). The molecule has 38 heavy (non-hydrogen) atoms. The molecule has 0 unspecified atom stereocenters. The maximum atomic E-state index is 13.5. The highest BCUT2D eigenvalue weighted by molar-refractivity contribution is 5.92. The van der Waals surface area contributed by atoms with Gasteiger partial charge in [-0.15, -0.1) is 0 Å². The van der Waals surface area contributed by atoms with Crippen LogP contribution >= 0.6 is 0 Å². The number of hydrogen-bond donors (Lipinski definition) is 1. The molecule has 192 valence electrons. The van der Waals surface area contributed by atoms with Gasteiger partial charge in [-0.1, -0.05) is 79.9 Å². The van der Waals surface area contributed by atoms with E-state index < -0.39 is 0 Å². The van der Waals surface area contributed by atoms with Crippen LogP contribution in [0.25, 0.3) is 0 Å². The molecule has 5 heteroatoms. The number of carbonyl (C=O) groups excluding carboxylic acids is 1. The number of benzene rings is 4. The lowest BCUT2D eigenvalue weighted by Crippen LogP contribution is -2.45. The Morgan fingerprint density at radius 2 is 1.39 bits per heavy atom. The summed E-state index contributed by atoms with van der Waals surface area (Å²) in [5.74, 6) is 1.48. The number of carbonyl (C=O) groups is 1. The molecule has 0 radical (unpaired) electrons. The van der Waals surface area contributed by atoms with Gasteiger partial charge in [0.15, 0.2) is 0 Å². The SMILES string of the molecule is O=C(NC1CCCCC1)N(Cc1ccc(F)cc1)c1ccc(C2c3ccccc3Oc3ccccc32)cc1. The number of amides is 2. The van der Waals surface area contributed by atoms with Crippen LogP contribution < -0.4 is 15.0 Å². The van der Waals surface area contributed by atoms with Crippen molar-refractivity contribution in [3.05, 3.63) is 125 Å². The molecule has 2 amide bonds. The predicted molar refractivity (Wildman–Crippen MR) is 148 cm³/mol. The number of para-hydroxylation sites is 2. The quantitative estimate of drug-likeness (QED) is 0.261. The van der Waals surface area contributed by atoms with Crippen molar-refractivity contribution in [2.75, 3.05) is 4.90 Å². The summed E-state index contributed by atoms with van der Waals surface area (Å²) in [5, 5.41) is 3.25. The molecule has 4 aromatic carbocycles. The van der Waals surface area contributed by atoms with Gasteiger partial charge in [0.1, 0.15) is 17.3 Å². The van der Waals surface area contributed by atoms with E-state index in [2.05, 4.69) is 29.6 Å². The fourth-order valence-electron chi connectivity index (χ4n) is 5.67. The van der Waals surface area contributed by atoms with E-state index in [0.717, 1.165) is 65.1 Å². The van der Waals surface area contributed by atoms with Crippen LogP contribution in [0.1, 0.15) is 60.3 Å². The van der Waals surface area contributed by atoms with E-state index in [4.69, 9.17) is 4.74 Å². The van der Waals surface area contributed by atoms with Crippen molar-refractivity contribution in [3.8, 4) is 11.5 Å². The average Bonchev–Trinajstić information content (AvgIpc) is 2.96. The molecule has 2 aliphatic rings. The van der Waals surface area contributed by atoms with Crippen molar-refractivity contribution in [1.29, 1.82) is 0 Å². The van der Waals surface area contributed by atoms with Crippen LogP contribution in [0.5, 0.6) is 11.5 Å². The van der Waals surface area contributed by atoms with E-state index in [1.165, 1.54) is 18.6 Å². The Morgan fingerprint density at radius 1 is 0.789 bits per heavy atom. The van der Waals surface area contributed by atoms with Crippen LogP contribution in [0.3, 0.4) is 0 Å². The van der Waals surface area contributed by atoms with Crippen LogP contribution in [0.4, 0.5) is 14.9 Å². The third-order valence-electron chi connectivity index (χ3n) is 7.65. The number of nitrogens with one attached hydrogen (secondary N) is 1. The fraction of sp³-hybridized carbons (Fsp3) is 0.242. The lowest BCUT2D eigenvalue weighted by molar-refractivity contribution is 0.238. The Hall–Kier alpha value is -4.12. The van der Waals surface area contributed by atoms with Gasteiger partial charge in [-0.05, 0) is 60.4 Å². The van der Waals surface area contributed by atoms with Gasteiger partial charge in [0, 0.05) is 28.8 Å². The first kappa shape index (κ1) is 24.2. The number of rotatable bonds is 5. The standard InChI is InChI=1S/C33H31FN2O2/c34-25-18-14-23(15-19-25)22-36(33(37)35-26-8-2-1-3-9-26)27-20-16-24(17-21-27)32-28-10-4-6-12-30(28)38-31-13-7-5-11-29(31)32/h4-7,10-21,26,32H,1-3,8-9,22H2,(H,35,37). The Bertz CT molecular complexity index is 1370. The lowest BCUT2D eigenvalue weighted by Gasteiger charge is -2.30. The summed E-state index contributed by atoms with van der Waals surface area (Å²) < 4.78 is 19.7. The van der Waals surface area contributed by atoms with Crippen molar-refractivity contribution in [1.82, 2.24) is 5.32 Å². The zero-order valence-electron chi connectivity index (χ0n) is 21.3. The molecule has 0 bridgehead atoms. The van der Waals surface area contributed by atoms with Crippen LogP contribution in [0.15, 0.2) is 97.1 Å². The molecular weight excluding hydrogens is 475 g/mol. The maximum Gasteiger partial charge on any atom is 0.322 e. The molecule has 1 N–H and O–H groups in total. The maximum absolute atomic E-state index is 13.5. The lowest BCUT2D eigenvalue weighted by atomic mass is 9.82. The normalized spacial score (nSPS) is 15.2. The highest BCUT2D eigenvalue weighted by Gasteiger charge is 2.28. The predicted octanol–water partition coefficient (Wildman–Crippen LogP) is 8.16. The smallest absolute Gasteiger partial charge is 0.322 e. The summed E-state index contributed by atoms with van der Waals surface area (Å²) in [4.78, 5) is 15.3. The Morgan fingerprint density at radius 3 is 2.03 bits per heavy atom. The van der Waals surface area contributed by atoms with Gasteiger partial charge in [-0.25, -0.2) is 9.18 Å². The summed E-state index contributed by atoms with van der Waals surface area (Å²) >= 11 is 0. The third-order valence-corrected chi connectivity index (χ3v) is 7.65. The third kappa shape index (κ3) is 5.01. The molecule has 1 fully saturated rings. The first-order valence-corrected chi connectivity index (χ1v) is 13.4. The van der Waals surface area contributed by atoms with Crippen molar-refractivity contribution >= 4 is 11.7 Å². The monoisotopic (exact) mass is 506 g/mol. The fourth-order valence-corrected chi connectivity index (χ4v) is 5.67. The molecule has 1 saturated carbocycles. The first-order valence-electron chi connectivity index (χ1n) is 13.4. The van der Waals surface area contributed by atoms with E-state index in [1.54, 1.807) is 17.0 Å². The number of fused-ring (bicyclic) bond motifs is 2. The highest BCUT2D eigenvalue weighted by Crippen LogP contribution is 2.47. The van der Waals surface area contributed by atoms with Crippen molar-refractivity contribution in [3.63, 3.8) is 0 Å². The van der Waals surface area contributed by atoms with Crippen molar-refractivity contribution < 1.29 is 13.9 Å². The molecule has 4 aromatic rings. The van der Waals surface area contributed by atoms with Gasteiger partial charge in [-0.2, -0.15) is 0 Å². The molecular formula is C33H31FN2O2. The van der Waals surface area contributed by atoms with E-state index in [1.807, 2.05) is 48.5 Å². The van der Waals surface area contributed by atoms with Crippen LogP contribution in [-0.4, -0.2) is 12.1 Å². The Kier molecular flexibility index (Phi) is 6.82. The topological polar surface area (TPSA) is 41.6 Å². The Labute approximate surface area is 223 Å². The highest BCUT2D eigenvalue weighted by atomic mass is 19.1. The van der Waals surface area contributed by atoms with Crippen LogP contribution in [0, 0.1) is 5.82 Å². The summed E-state index contributed by atoms with van der Waals surface area (Å²) in [6.45, 7) is 0.362. The number of halogens is 1. The Balaban J connectivity index is 1.32. The summed E-state index contributed by atoms with van der Waals surface area (Å²) in [5.41, 5.74) is 5.06. The van der Waals surface area contributed by atoms with E-state index in [9.17, 15) is 9.18 Å². The van der Waals surface area contributed by atoms with Crippen molar-refractivity contribution in [2.45, 2.75) is 50.6 Å². The second kappa shape index (κ2) is 10.7. The molecule has 1 aliphatic heterocycles. The van der Waals surface area contributed by atoms with E-state index in [0.29, 0.717) is 6.54 Å². The minimum atomic E-state index is -0.284. The van der Waals surface area contributed by atoms with Gasteiger partial charge >= 0.3 is 6.03 Å². The molecule has 0 spiro atoms. The number of nitrogens with zero attached hydrogens (tertiary/aromatic N) is 1. The number of urea groups is 1. The number of anilines is 1. The van der Waals surface area contributed by atoms with Gasteiger partial charge in [-0.3, -0.25) is 4.90 Å². The second-order valence-electron chi connectivity index (χ2n) is 10.2. The zero-order valence-corrected chi connectivity index (χ0v) is 21.3. The first-order chi connectivity index (χ1) is 18.7. The van der Waals surface area contributed by atoms with E-state index >= 15 is 0 Å². The van der Waals surface area contributed by atoms with Gasteiger partial charge in [0.05, 0.1) is 6.54 Å². The van der Waals surface area contributed by atoms with Gasteiger partial charge in [0.25, 0.3) is 0 Å². The molecule has 0 saturated heterocycles. The zero-order chi connectivity index (χ0) is 25.9. The summed E-state index contributed by atoms with van der Waals surface area (Å²) in [6.07, 6.45) is 5.54. The molecule has 4 nitrogen and oxygen atoms in total. The largest absolute Gasteiger partial charge is 0.457 e.